The minimum atomic E-state index is 0.169. The van der Waals surface area contributed by atoms with Crippen LogP contribution in [0, 0.1) is 6.92 Å². The lowest BCUT2D eigenvalue weighted by atomic mass is 10.2. The second-order valence-electron chi connectivity index (χ2n) is 4.57. The monoisotopic (exact) mass is 294 g/mol. The van der Waals surface area contributed by atoms with Crippen molar-refractivity contribution in [2.24, 2.45) is 0 Å². The van der Waals surface area contributed by atoms with Crippen LogP contribution in [0.2, 0.25) is 5.02 Å². The fourth-order valence-corrected chi connectivity index (χ4v) is 2.43. The molecule has 1 N–H and O–H groups in total. The van der Waals surface area contributed by atoms with Crippen molar-refractivity contribution in [2.45, 2.75) is 26.8 Å². The molecule has 2 rings (SSSR count). The average molecular weight is 295 g/mol. The number of nitrogens with one attached hydrogen (secondary N) is 1. The van der Waals surface area contributed by atoms with E-state index in [1.807, 2.05) is 25.1 Å². The van der Waals surface area contributed by atoms with Crippen molar-refractivity contribution in [3.05, 3.63) is 34.6 Å². The second-order valence-corrected chi connectivity index (χ2v) is 4.98. The van der Waals surface area contributed by atoms with Gasteiger partial charge in [-0.05, 0) is 38.6 Å². The molecule has 0 saturated heterocycles. The molecular weight excluding hydrogens is 276 g/mol. The summed E-state index contributed by atoms with van der Waals surface area (Å²) in [5.41, 5.74) is 2.81. The van der Waals surface area contributed by atoms with Gasteiger partial charge in [0.05, 0.1) is 29.6 Å². The quantitative estimate of drug-likeness (QED) is 0.921. The van der Waals surface area contributed by atoms with E-state index in [0.717, 1.165) is 23.6 Å². The topological polar surface area (TPSA) is 52.0 Å². The number of rotatable bonds is 5. The number of ether oxygens (including phenoxy) is 1. The molecule has 0 spiro atoms. The molecule has 1 aromatic heterocycles. The molecule has 1 aromatic carbocycles. The highest BCUT2D eigenvalue weighted by Crippen LogP contribution is 2.27. The van der Waals surface area contributed by atoms with Gasteiger partial charge in [-0.1, -0.05) is 23.7 Å². The first kappa shape index (κ1) is 14.8. The molecule has 0 aliphatic carbocycles. The first-order chi connectivity index (χ1) is 9.58. The molecule has 0 radical (unpaired) electrons. The van der Waals surface area contributed by atoms with Crippen LogP contribution < -0.4 is 10.1 Å². The summed E-state index contributed by atoms with van der Waals surface area (Å²) in [4.78, 5) is 0. The summed E-state index contributed by atoms with van der Waals surface area (Å²) in [5.74, 6) is 0.648. The second kappa shape index (κ2) is 6.24. The number of nitrogens with zero attached hydrogens (tertiary/aromatic N) is 3. The van der Waals surface area contributed by atoms with Crippen LogP contribution in [0.1, 0.15) is 31.3 Å². The molecule has 0 aliphatic heterocycles. The lowest BCUT2D eigenvalue weighted by Gasteiger charge is -2.11. The summed E-state index contributed by atoms with van der Waals surface area (Å²) in [7, 11) is 1.60. The molecule has 2 aromatic rings. The normalized spacial score (nSPS) is 12.4. The molecule has 0 aliphatic rings. The summed E-state index contributed by atoms with van der Waals surface area (Å²) < 4.78 is 6.94. The Bertz CT molecular complexity index is 597. The highest BCUT2D eigenvalue weighted by Gasteiger charge is 2.16. The third-order valence-electron chi connectivity index (χ3n) is 3.23. The first-order valence-electron chi connectivity index (χ1n) is 6.58. The maximum atomic E-state index is 6.15. The molecule has 0 saturated carbocycles. The summed E-state index contributed by atoms with van der Waals surface area (Å²) in [6.07, 6.45) is 0. The smallest absolute Gasteiger partial charge is 0.137 e. The number of halogens is 1. The molecule has 0 bridgehead atoms. The Morgan fingerprint density at radius 3 is 2.80 bits per heavy atom. The zero-order valence-electron chi connectivity index (χ0n) is 12.1. The SMILES string of the molecule is CCNC(C)c1nnn(-c2ccc(OC)c(Cl)c2)c1C. The van der Waals surface area contributed by atoms with Gasteiger partial charge in [0.2, 0.25) is 0 Å². The highest BCUT2D eigenvalue weighted by molar-refractivity contribution is 6.32. The van der Waals surface area contributed by atoms with Crippen molar-refractivity contribution in [1.29, 1.82) is 0 Å². The van der Waals surface area contributed by atoms with Gasteiger partial charge < -0.3 is 10.1 Å². The lowest BCUT2D eigenvalue weighted by Crippen LogP contribution is -2.19. The standard InChI is InChI=1S/C14H19ClN4O/c1-5-16-9(2)14-10(3)19(18-17-14)11-6-7-13(20-4)12(15)8-11/h6-9,16H,5H2,1-4H3. The van der Waals surface area contributed by atoms with Crippen LogP contribution in [0.4, 0.5) is 0 Å². The van der Waals surface area contributed by atoms with Gasteiger partial charge in [-0.15, -0.1) is 5.10 Å². The van der Waals surface area contributed by atoms with E-state index >= 15 is 0 Å². The average Bonchev–Trinajstić information content (AvgIpc) is 2.81. The van der Waals surface area contributed by atoms with Crippen LogP contribution in [0.25, 0.3) is 5.69 Å². The largest absolute Gasteiger partial charge is 0.495 e. The third kappa shape index (κ3) is 2.78. The number of methoxy groups -OCH3 is 1. The van der Waals surface area contributed by atoms with Gasteiger partial charge >= 0.3 is 0 Å². The molecule has 1 atom stereocenters. The van der Waals surface area contributed by atoms with Crippen molar-refractivity contribution >= 4 is 11.6 Å². The maximum Gasteiger partial charge on any atom is 0.137 e. The van der Waals surface area contributed by atoms with Gasteiger partial charge in [0.1, 0.15) is 11.4 Å². The highest BCUT2D eigenvalue weighted by atomic mass is 35.5. The molecular formula is C14H19ClN4O. The van der Waals surface area contributed by atoms with Gasteiger partial charge in [-0.3, -0.25) is 0 Å². The van der Waals surface area contributed by atoms with Crippen LogP contribution in [-0.2, 0) is 0 Å². The van der Waals surface area contributed by atoms with E-state index in [1.165, 1.54) is 0 Å². The summed E-state index contributed by atoms with van der Waals surface area (Å²) in [6.45, 7) is 7.04. The van der Waals surface area contributed by atoms with Crippen molar-refractivity contribution in [3.8, 4) is 11.4 Å². The van der Waals surface area contributed by atoms with E-state index in [-0.39, 0.29) is 6.04 Å². The van der Waals surface area contributed by atoms with Gasteiger partial charge in [-0.2, -0.15) is 0 Å². The molecule has 0 amide bonds. The predicted octanol–water partition coefficient (Wildman–Crippen LogP) is 2.91. The van der Waals surface area contributed by atoms with Crippen molar-refractivity contribution in [1.82, 2.24) is 20.3 Å². The maximum absolute atomic E-state index is 6.15. The predicted molar refractivity (Wildman–Crippen MR) is 79.7 cm³/mol. The number of hydrogen-bond donors (Lipinski definition) is 1. The van der Waals surface area contributed by atoms with Crippen molar-refractivity contribution in [3.63, 3.8) is 0 Å². The fourth-order valence-electron chi connectivity index (χ4n) is 2.18. The Hall–Kier alpha value is -1.59. The minimum Gasteiger partial charge on any atom is -0.495 e. The minimum absolute atomic E-state index is 0.169. The lowest BCUT2D eigenvalue weighted by molar-refractivity contribution is 0.415. The van der Waals surface area contributed by atoms with E-state index in [0.29, 0.717) is 10.8 Å². The Kier molecular flexibility index (Phi) is 4.62. The van der Waals surface area contributed by atoms with Gasteiger partial charge in [0.15, 0.2) is 0 Å². The molecule has 0 fully saturated rings. The zero-order valence-corrected chi connectivity index (χ0v) is 12.9. The molecule has 108 valence electrons. The van der Waals surface area contributed by atoms with E-state index in [2.05, 4.69) is 29.5 Å². The van der Waals surface area contributed by atoms with E-state index < -0.39 is 0 Å². The Morgan fingerprint density at radius 1 is 1.45 bits per heavy atom. The molecule has 20 heavy (non-hydrogen) atoms. The molecule has 6 heteroatoms. The summed E-state index contributed by atoms with van der Waals surface area (Å²) in [6, 6.07) is 5.73. The van der Waals surface area contributed by atoms with Crippen molar-refractivity contribution in [2.75, 3.05) is 13.7 Å². The summed E-state index contributed by atoms with van der Waals surface area (Å²) >= 11 is 6.15. The Balaban J connectivity index is 2.36. The van der Waals surface area contributed by atoms with Crippen LogP contribution in [0.3, 0.4) is 0 Å². The molecule has 5 nitrogen and oxygen atoms in total. The summed E-state index contributed by atoms with van der Waals surface area (Å²) in [5, 5.41) is 12.4. The first-order valence-corrected chi connectivity index (χ1v) is 6.95. The van der Waals surface area contributed by atoms with E-state index in [4.69, 9.17) is 16.3 Å². The Morgan fingerprint density at radius 2 is 2.20 bits per heavy atom. The number of aromatic nitrogens is 3. The van der Waals surface area contributed by atoms with Crippen LogP contribution in [-0.4, -0.2) is 28.6 Å². The molecule has 1 unspecified atom stereocenters. The van der Waals surface area contributed by atoms with Gasteiger partial charge in [-0.25, -0.2) is 4.68 Å². The Labute approximate surface area is 123 Å². The van der Waals surface area contributed by atoms with Gasteiger partial charge in [0.25, 0.3) is 0 Å². The molecule has 1 heterocycles. The third-order valence-corrected chi connectivity index (χ3v) is 3.53. The van der Waals surface area contributed by atoms with Crippen molar-refractivity contribution < 1.29 is 4.74 Å². The zero-order chi connectivity index (χ0) is 14.7. The van der Waals surface area contributed by atoms with Gasteiger partial charge in [0, 0.05) is 0 Å². The van der Waals surface area contributed by atoms with Crippen LogP contribution in [0.5, 0.6) is 5.75 Å². The van der Waals surface area contributed by atoms with Crippen LogP contribution >= 0.6 is 11.6 Å². The number of benzene rings is 1. The fraction of sp³-hybridized carbons (Fsp3) is 0.429. The van der Waals surface area contributed by atoms with E-state index in [1.54, 1.807) is 11.8 Å². The van der Waals surface area contributed by atoms with E-state index in [9.17, 15) is 0 Å². The number of hydrogen-bond acceptors (Lipinski definition) is 4. The van der Waals surface area contributed by atoms with Crippen LogP contribution in [0.15, 0.2) is 18.2 Å².